The van der Waals surface area contributed by atoms with Crippen LogP contribution in [0.1, 0.15) is 18.1 Å². The predicted octanol–water partition coefficient (Wildman–Crippen LogP) is 2.24. The van der Waals surface area contributed by atoms with E-state index in [9.17, 15) is 4.79 Å². The number of methoxy groups -OCH3 is 1. The molecule has 116 valence electrons. The van der Waals surface area contributed by atoms with Crippen LogP contribution in [-0.2, 0) is 9.53 Å². The molecule has 1 aromatic carbocycles. The zero-order valence-electron chi connectivity index (χ0n) is 12.1. The van der Waals surface area contributed by atoms with Gasteiger partial charge in [-0.25, -0.2) is 0 Å². The van der Waals surface area contributed by atoms with Gasteiger partial charge in [-0.15, -0.1) is 0 Å². The molecule has 0 saturated carbocycles. The molecular formula is C15H21ClN2O2S. The summed E-state index contributed by atoms with van der Waals surface area (Å²) in [5.74, 6) is 2.17. The molecule has 0 bridgehead atoms. The molecule has 6 heteroatoms. The number of carbonyl (C=O) groups is 1. The van der Waals surface area contributed by atoms with Gasteiger partial charge in [0.05, 0.1) is 6.10 Å². The second kappa shape index (κ2) is 8.63. The number of ether oxygens (including phenoxy) is 1. The van der Waals surface area contributed by atoms with Gasteiger partial charge in [0.25, 0.3) is 0 Å². The fraction of sp³-hybridized carbons (Fsp3) is 0.533. The quantitative estimate of drug-likeness (QED) is 0.841. The van der Waals surface area contributed by atoms with Crippen molar-refractivity contribution < 1.29 is 9.53 Å². The third-order valence-corrected chi connectivity index (χ3v) is 4.79. The molecule has 0 spiro atoms. The number of thioether (sulfide) groups is 1. The molecule has 1 fully saturated rings. The molecule has 1 saturated heterocycles. The van der Waals surface area contributed by atoms with E-state index >= 15 is 0 Å². The first-order valence-electron chi connectivity index (χ1n) is 7.05. The Kier molecular flexibility index (Phi) is 6.83. The van der Waals surface area contributed by atoms with Crippen LogP contribution in [0.5, 0.6) is 0 Å². The second-order valence-electron chi connectivity index (χ2n) is 5.01. The van der Waals surface area contributed by atoms with Gasteiger partial charge in [0.1, 0.15) is 0 Å². The Morgan fingerprint density at radius 3 is 3.14 bits per heavy atom. The van der Waals surface area contributed by atoms with E-state index in [0.29, 0.717) is 18.0 Å². The third-order valence-electron chi connectivity index (χ3n) is 3.42. The summed E-state index contributed by atoms with van der Waals surface area (Å²) in [7, 11) is 1.64. The smallest absolute Gasteiger partial charge is 0.221 e. The Labute approximate surface area is 135 Å². The normalized spacial score (nSPS) is 20.0. The average molecular weight is 329 g/mol. The van der Waals surface area contributed by atoms with Gasteiger partial charge >= 0.3 is 0 Å². The van der Waals surface area contributed by atoms with Crippen LogP contribution in [-0.4, -0.2) is 43.7 Å². The molecule has 1 aromatic rings. The number of carbonyl (C=O) groups excluding carboxylic acids is 1. The molecule has 1 amide bonds. The monoisotopic (exact) mass is 328 g/mol. The molecule has 1 aliphatic heterocycles. The summed E-state index contributed by atoms with van der Waals surface area (Å²) in [5.41, 5.74) is 0.969. The Hall–Kier alpha value is -0.750. The molecule has 2 N–H and O–H groups in total. The van der Waals surface area contributed by atoms with Crippen molar-refractivity contribution in [1.29, 1.82) is 0 Å². The van der Waals surface area contributed by atoms with Crippen molar-refractivity contribution in [3.05, 3.63) is 34.9 Å². The van der Waals surface area contributed by atoms with E-state index in [1.807, 2.05) is 36.0 Å². The highest BCUT2D eigenvalue weighted by Crippen LogP contribution is 2.19. The van der Waals surface area contributed by atoms with Crippen molar-refractivity contribution in [3.63, 3.8) is 0 Å². The number of hydrogen-bond donors (Lipinski definition) is 2. The van der Waals surface area contributed by atoms with Crippen LogP contribution in [0, 0.1) is 0 Å². The van der Waals surface area contributed by atoms with Crippen LogP contribution >= 0.6 is 23.4 Å². The summed E-state index contributed by atoms with van der Waals surface area (Å²) in [6.07, 6.45) is 0.334. The zero-order chi connectivity index (χ0) is 15.1. The largest absolute Gasteiger partial charge is 0.375 e. The Morgan fingerprint density at radius 2 is 2.48 bits per heavy atom. The van der Waals surface area contributed by atoms with E-state index in [1.165, 1.54) is 0 Å². The number of rotatable bonds is 6. The van der Waals surface area contributed by atoms with E-state index in [0.717, 1.165) is 23.6 Å². The van der Waals surface area contributed by atoms with Crippen LogP contribution in [0.15, 0.2) is 24.3 Å². The minimum Gasteiger partial charge on any atom is -0.375 e. The lowest BCUT2D eigenvalue weighted by Crippen LogP contribution is -2.42. The lowest BCUT2D eigenvalue weighted by molar-refractivity contribution is -0.122. The zero-order valence-corrected chi connectivity index (χ0v) is 13.7. The van der Waals surface area contributed by atoms with Crippen molar-refractivity contribution in [2.45, 2.75) is 18.6 Å². The van der Waals surface area contributed by atoms with E-state index in [1.54, 1.807) is 7.11 Å². The van der Waals surface area contributed by atoms with Crippen molar-refractivity contribution >= 4 is 29.3 Å². The molecule has 21 heavy (non-hydrogen) atoms. The first kappa shape index (κ1) is 16.6. The van der Waals surface area contributed by atoms with Crippen LogP contribution in [0.4, 0.5) is 0 Å². The van der Waals surface area contributed by atoms with Gasteiger partial charge in [-0.05, 0) is 17.7 Å². The maximum atomic E-state index is 12.0. The Morgan fingerprint density at radius 1 is 1.62 bits per heavy atom. The van der Waals surface area contributed by atoms with E-state index in [4.69, 9.17) is 16.3 Å². The average Bonchev–Trinajstić information content (AvgIpc) is 2.49. The van der Waals surface area contributed by atoms with Gasteiger partial charge in [0.2, 0.25) is 5.91 Å². The molecule has 2 unspecified atom stereocenters. The van der Waals surface area contributed by atoms with Crippen LogP contribution in [0.3, 0.4) is 0 Å². The van der Waals surface area contributed by atoms with E-state index in [2.05, 4.69) is 10.6 Å². The summed E-state index contributed by atoms with van der Waals surface area (Å²) < 4.78 is 5.44. The highest BCUT2D eigenvalue weighted by atomic mass is 35.5. The molecule has 0 aliphatic carbocycles. The lowest BCUT2D eigenvalue weighted by atomic mass is 10.1. The van der Waals surface area contributed by atoms with Gasteiger partial charge in [-0.1, -0.05) is 23.7 Å². The maximum Gasteiger partial charge on any atom is 0.221 e. The molecule has 0 aromatic heterocycles. The van der Waals surface area contributed by atoms with Crippen molar-refractivity contribution in [1.82, 2.24) is 10.6 Å². The standard InChI is InChI=1S/C15H21ClN2O2S/c1-20-14(11-3-2-4-12(16)7-11)9-18-15(19)8-13-10-21-6-5-17-13/h2-4,7,13-14,17H,5-6,8-10H2,1H3,(H,18,19). The molecule has 0 radical (unpaired) electrons. The maximum absolute atomic E-state index is 12.0. The number of nitrogens with one attached hydrogen (secondary N) is 2. The lowest BCUT2D eigenvalue weighted by Gasteiger charge is -2.23. The number of benzene rings is 1. The summed E-state index contributed by atoms with van der Waals surface area (Å²) >= 11 is 7.87. The molecule has 1 aliphatic rings. The minimum atomic E-state index is -0.179. The molecule has 1 heterocycles. The fourth-order valence-corrected chi connectivity index (χ4v) is 3.45. The van der Waals surface area contributed by atoms with Gasteiger partial charge in [0, 0.05) is 49.2 Å². The number of hydrogen-bond acceptors (Lipinski definition) is 4. The molecule has 2 atom stereocenters. The molecular weight excluding hydrogens is 308 g/mol. The van der Waals surface area contributed by atoms with E-state index < -0.39 is 0 Å². The number of halogens is 1. The second-order valence-corrected chi connectivity index (χ2v) is 6.60. The summed E-state index contributed by atoms with van der Waals surface area (Å²) in [6, 6.07) is 7.79. The van der Waals surface area contributed by atoms with E-state index in [-0.39, 0.29) is 18.1 Å². The third kappa shape index (κ3) is 5.51. The minimum absolute atomic E-state index is 0.0547. The molecule has 4 nitrogen and oxygen atoms in total. The highest BCUT2D eigenvalue weighted by Gasteiger charge is 2.18. The van der Waals surface area contributed by atoms with Crippen molar-refractivity contribution in [2.24, 2.45) is 0 Å². The number of amides is 1. The first-order valence-corrected chi connectivity index (χ1v) is 8.58. The van der Waals surface area contributed by atoms with Crippen molar-refractivity contribution in [3.8, 4) is 0 Å². The van der Waals surface area contributed by atoms with Gasteiger partial charge in [-0.2, -0.15) is 11.8 Å². The van der Waals surface area contributed by atoms with Crippen LogP contribution in [0.25, 0.3) is 0 Å². The topological polar surface area (TPSA) is 50.4 Å². The SMILES string of the molecule is COC(CNC(=O)CC1CSCCN1)c1cccc(Cl)c1. The van der Waals surface area contributed by atoms with Crippen molar-refractivity contribution in [2.75, 3.05) is 31.7 Å². The van der Waals surface area contributed by atoms with Crippen LogP contribution < -0.4 is 10.6 Å². The van der Waals surface area contributed by atoms with Gasteiger partial charge < -0.3 is 15.4 Å². The summed E-state index contributed by atoms with van der Waals surface area (Å²) in [5, 5.41) is 6.97. The molecule has 2 rings (SSSR count). The first-order chi connectivity index (χ1) is 10.2. The Balaban J connectivity index is 1.80. The Bertz CT molecular complexity index is 467. The predicted molar refractivity (Wildman–Crippen MR) is 87.9 cm³/mol. The summed E-state index contributed by atoms with van der Waals surface area (Å²) in [6.45, 7) is 1.43. The van der Waals surface area contributed by atoms with Gasteiger partial charge in [-0.3, -0.25) is 4.79 Å². The van der Waals surface area contributed by atoms with Gasteiger partial charge in [0.15, 0.2) is 0 Å². The van der Waals surface area contributed by atoms with Crippen LogP contribution in [0.2, 0.25) is 5.02 Å². The summed E-state index contributed by atoms with van der Waals surface area (Å²) in [4.78, 5) is 12.0. The fourth-order valence-electron chi connectivity index (χ4n) is 2.30. The highest BCUT2D eigenvalue weighted by molar-refractivity contribution is 7.99.